The lowest BCUT2D eigenvalue weighted by Gasteiger charge is -1.99. The third-order valence-corrected chi connectivity index (χ3v) is 3.39. The van der Waals surface area contributed by atoms with Gasteiger partial charge in [0.05, 0.1) is 0 Å². The van der Waals surface area contributed by atoms with E-state index in [0.29, 0.717) is 0 Å². The Bertz CT molecular complexity index is 141. The van der Waals surface area contributed by atoms with Crippen LogP contribution in [0.1, 0.15) is 32.1 Å². The van der Waals surface area contributed by atoms with Gasteiger partial charge in [-0.15, -0.1) is 0 Å². The van der Waals surface area contributed by atoms with E-state index in [1.807, 2.05) is 0 Å². The highest BCUT2D eigenvalue weighted by atomic mass is 15.4. The van der Waals surface area contributed by atoms with Gasteiger partial charge in [-0.05, 0) is 31.7 Å². The Morgan fingerprint density at radius 3 is 2.70 bits per heavy atom. The molecule has 0 aromatic rings. The van der Waals surface area contributed by atoms with Crippen LogP contribution in [-0.4, -0.2) is 23.5 Å². The number of rotatable bonds is 2. The molecule has 1 aliphatic carbocycles. The molecule has 3 fully saturated rings. The van der Waals surface area contributed by atoms with Crippen LogP contribution in [0.2, 0.25) is 0 Å². The minimum atomic E-state index is 1.06. The van der Waals surface area contributed by atoms with Crippen molar-refractivity contribution in [1.29, 1.82) is 0 Å². The lowest BCUT2D eigenvalue weighted by Crippen LogP contribution is -2.03. The molecule has 0 N–H and O–H groups in total. The van der Waals surface area contributed by atoms with Gasteiger partial charge in [-0.1, -0.05) is 12.8 Å². The first-order valence-corrected chi connectivity index (χ1v) is 4.71. The molecule has 3 rings (SSSR count). The average molecular weight is 137 g/mol. The number of piperidine rings is 1. The summed E-state index contributed by atoms with van der Waals surface area (Å²) in [6.07, 6.45) is 7.61. The van der Waals surface area contributed by atoms with E-state index in [0.717, 1.165) is 18.0 Å². The Morgan fingerprint density at radius 2 is 2.10 bits per heavy atom. The minimum Gasteiger partial charge on any atom is -0.294 e. The summed E-state index contributed by atoms with van der Waals surface area (Å²) in [5.74, 6) is 1.15. The summed E-state index contributed by atoms with van der Waals surface area (Å²) in [6, 6.07) is 2.11. The minimum absolute atomic E-state index is 1.06. The number of fused-ring (bicyclic) bond motifs is 1. The van der Waals surface area contributed by atoms with E-state index in [1.165, 1.54) is 32.2 Å². The molecule has 3 aliphatic rings. The van der Waals surface area contributed by atoms with Gasteiger partial charge in [-0.25, -0.2) is 0 Å². The van der Waals surface area contributed by atoms with Crippen LogP contribution in [-0.2, 0) is 0 Å². The maximum atomic E-state index is 2.71. The highest BCUT2D eigenvalue weighted by Crippen LogP contribution is 2.46. The molecule has 1 nitrogen and oxygen atoms in total. The van der Waals surface area contributed by atoms with Crippen molar-refractivity contribution in [1.82, 2.24) is 4.90 Å². The zero-order valence-corrected chi connectivity index (χ0v) is 6.42. The van der Waals surface area contributed by atoms with E-state index < -0.39 is 0 Å². The second kappa shape index (κ2) is 1.76. The molecular formula is C9H15N. The molecule has 0 bridgehead atoms. The Morgan fingerprint density at radius 1 is 1.20 bits per heavy atom. The molecule has 3 atom stereocenters. The number of hydrogen-bond acceptors (Lipinski definition) is 1. The molecule has 10 heavy (non-hydrogen) atoms. The number of nitrogens with zero attached hydrogens (tertiary/aromatic N) is 1. The summed E-state index contributed by atoms with van der Waals surface area (Å²) in [6.45, 7) is 1.42. The molecule has 0 aromatic heterocycles. The Kier molecular flexibility index (Phi) is 0.984. The molecule has 56 valence electrons. The van der Waals surface area contributed by atoms with Crippen LogP contribution < -0.4 is 0 Å². The van der Waals surface area contributed by atoms with E-state index in [1.54, 1.807) is 6.42 Å². The Hall–Kier alpha value is -0.0400. The molecule has 1 heteroatoms. The van der Waals surface area contributed by atoms with Gasteiger partial charge in [0.15, 0.2) is 0 Å². The predicted octanol–water partition coefficient (Wildman–Crippen LogP) is 1.63. The molecule has 2 saturated heterocycles. The SMILES string of the molecule is C1CC2C(CC3CC3)N2C1. The van der Waals surface area contributed by atoms with E-state index >= 15 is 0 Å². The van der Waals surface area contributed by atoms with Gasteiger partial charge in [0.25, 0.3) is 0 Å². The third-order valence-electron chi connectivity index (χ3n) is 3.39. The van der Waals surface area contributed by atoms with E-state index in [9.17, 15) is 0 Å². The normalized spacial score (nSPS) is 51.0. The molecule has 3 unspecified atom stereocenters. The largest absolute Gasteiger partial charge is 0.294 e. The summed E-state index contributed by atoms with van der Waals surface area (Å²) in [4.78, 5) is 2.71. The van der Waals surface area contributed by atoms with Crippen molar-refractivity contribution < 1.29 is 0 Å². The number of hydrogen-bond donors (Lipinski definition) is 0. The summed E-state index contributed by atoms with van der Waals surface area (Å²) < 4.78 is 0. The van der Waals surface area contributed by atoms with Crippen LogP contribution in [0.15, 0.2) is 0 Å². The topological polar surface area (TPSA) is 3.01 Å². The van der Waals surface area contributed by atoms with Crippen molar-refractivity contribution in [2.75, 3.05) is 6.54 Å². The standard InChI is InChI=1S/C9H15N/c1-2-8-9(10(8)5-1)6-7-3-4-7/h7-9H,1-6H2. The van der Waals surface area contributed by atoms with E-state index in [4.69, 9.17) is 0 Å². The van der Waals surface area contributed by atoms with Crippen LogP contribution >= 0.6 is 0 Å². The third kappa shape index (κ3) is 0.731. The summed E-state index contributed by atoms with van der Waals surface area (Å²) >= 11 is 0. The van der Waals surface area contributed by atoms with Crippen LogP contribution in [0, 0.1) is 5.92 Å². The molecule has 0 amide bonds. The first-order chi connectivity index (χ1) is 4.95. The highest BCUT2D eigenvalue weighted by molar-refractivity contribution is 5.07. The Labute approximate surface area is 62.4 Å². The molecular weight excluding hydrogens is 122 g/mol. The van der Waals surface area contributed by atoms with Crippen molar-refractivity contribution in [3.8, 4) is 0 Å². The van der Waals surface area contributed by atoms with Crippen LogP contribution in [0.5, 0.6) is 0 Å². The first kappa shape index (κ1) is 5.59. The van der Waals surface area contributed by atoms with Crippen LogP contribution in [0.25, 0.3) is 0 Å². The van der Waals surface area contributed by atoms with Gasteiger partial charge in [0.2, 0.25) is 0 Å². The fourth-order valence-electron chi connectivity index (χ4n) is 2.55. The summed E-state index contributed by atoms with van der Waals surface area (Å²) in [5, 5.41) is 0. The van der Waals surface area contributed by atoms with Crippen LogP contribution in [0.3, 0.4) is 0 Å². The highest BCUT2D eigenvalue weighted by Gasteiger charge is 2.51. The monoisotopic (exact) mass is 137 g/mol. The van der Waals surface area contributed by atoms with Crippen molar-refractivity contribution in [2.24, 2.45) is 5.92 Å². The van der Waals surface area contributed by atoms with Gasteiger partial charge in [0.1, 0.15) is 0 Å². The van der Waals surface area contributed by atoms with Gasteiger partial charge >= 0.3 is 0 Å². The van der Waals surface area contributed by atoms with Crippen molar-refractivity contribution in [3.05, 3.63) is 0 Å². The second-order valence-electron chi connectivity index (χ2n) is 4.19. The predicted molar refractivity (Wildman–Crippen MR) is 40.9 cm³/mol. The van der Waals surface area contributed by atoms with E-state index in [-0.39, 0.29) is 0 Å². The summed E-state index contributed by atoms with van der Waals surface area (Å²) in [5.41, 5.74) is 0. The quantitative estimate of drug-likeness (QED) is 0.523. The van der Waals surface area contributed by atoms with Gasteiger partial charge < -0.3 is 0 Å². The molecule has 2 aliphatic heterocycles. The molecule has 0 spiro atoms. The smallest absolute Gasteiger partial charge is 0.0257 e. The van der Waals surface area contributed by atoms with Gasteiger partial charge in [0, 0.05) is 12.1 Å². The summed E-state index contributed by atoms with van der Waals surface area (Å²) in [7, 11) is 0. The molecule has 1 saturated carbocycles. The Balaban J connectivity index is 1.57. The van der Waals surface area contributed by atoms with Crippen LogP contribution in [0.4, 0.5) is 0 Å². The zero-order valence-electron chi connectivity index (χ0n) is 6.42. The second-order valence-corrected chi connectivity index (χ2v) is 4.19. The molecule has 2 heterocycles. The average Bonchev–Trinajstić information content (AvgIpc) is 2.81. The van der Waals surface area contributed by atoms with Gasteiger partial charge in [-0.2, -0.15) is 0 Å². The van der Waals surface area contributed by atoms with Crippen molar-refractivity contribution >= 4 is 0 Å². The van der Waals surface area contributed by atoms with Gasteiger partial charge in [-0.3, -0.25) is 4.90 Å². The first-order valence-electron chi connectivity index (χ1n) is 4.71. The van der Waals surface area contributed by atoms with Crippen molar-refractivity contribution in [3.63, 3.8) is 0 Å². The zero-order chi connectivity index (χ0) is 6.55. The lowest BCUT2D eigenvalue weighted by atomic mass is 10.1. The fourth-order valence-corrected chi connectivity index (χ4v) is 2.55. The van der Waals surface area contributed by atoms with E-state index in [2.05, 4.69) is 4.90 Å². The molecule has 0 aromatic carbocycles. The maximum Gasteiger partial charge on any atom is 0.0257 e. The van der Waals surface area contributed by atoms with Crippen molar-refractivity contribution in [2.45, 2.75) is 44.2 Å². The fraction of sp³-hybridized carbons (Fsp3) is 1.00. The lowest BCUT2D eigenvalue weighted by molar-refractivity contribution is 0.497. The molecule has 0 radical (unpaired) electrons. The maximum absolute atomic E-state index is 2.71.